The van der Waals surface area contributed by atoms with Crippen molar-refractivity contribution in [1.82, 2.24) is 4.72 Å². The molecule has 3 rings (SSSR count). The van der Waals surface area contributed by atoms with Crippen molar-refractivity contribution in [1.29, 1.82) is 0 Å². The van der Waals surface area contributed by atoms with E-state index in [2.05, 4.69) is 16.0 Å². The summed E-state index contributed by atoms with van der Waals surface area (Å²) in [5.74, 6) is 0. The van der Waals surface area contributed by atoms with Crippen molar-refractivity contribution in [3.05, 3.63) is 84.9 Å². The number of urea groups is 2. The first kappa shape index (κ1) is 19.9. The Labute approximate surface area is 168 Å². The first-order valence-corrected chi connectivity index (χ1v) is 10.0. The monoisotopic (exact) mass is 410 g/mol. The molecular weight excluding hydrogens is 392 g/mol. The fraction of sp³-hybridized carbons (Fsp3) is 0. The van der Waals surface area contributed by atoms with Gasteiger partial charge in [0.25, 0.3) is 10.0 Å². The summed E-state index contributed by atoms with van der Waals surface area (Å²) in [7, 11) is -4.13. The number of nitrogens with one attached hydrogen (secondary N) is 4. The summed E-state index contributed by atoms with van der Waals surface area (Å²) in [6, 6.07) is 21.4. The van der Waals surface area contributed by atoms with E-state index >= 15 is 0 Å². The molecule has 0 aliphatic rings. The minimum atomic E-state index is -4.13. The zero-order valence-electron chi connectivity index (χ0n) is 15.1. The van der Waals surface area contributed by atoms with Gasteiger partial charge >= 0.3 is 12.1 Å². The van der Waals surface area contributed by atoms with Crippen LogP contribution in [0.25, 0.3) is 0 Å². The number of anilines is 3. The Kier molecular flexibility index (Phi) is 6.10. The Balaban J connectivity index is 1.65. The van der Waals surface area contributed by atoms with Gasteiger partial charge in [-0.05, 0) is 42.5 Å². The van der Waals surface area contributed by atoms with Gasteiger partial charge in [0.05, 0.1) is 4.90 Å². The van der Waals surface area contributed by atoms with Crippen molar-refractivity contribution >= 4 is 39.1 Å². The molecule has 0 spiro atoms. The van der Waals surface area contributed by atoms with Crippen LogP contribution in [-0.4, -0.2) is 20.5 Å². The van der Waals surface area contributed by atoms with Crippen molar-refractivity contribution in [2.75, 3.05) is 16.0 Å². The second-order valence-electron chi connectivity index (χ2n) is 5.90. The molecule has 4 amide bonds. The van der Waals surface area contributed by atoms with E-state index in [1.807, 2.05) is 10.8 Å². The number of carbonyl (C=O) groups excluding carboxylic acids is 2. The predicted molar refractivity (Wildman–Crippen MR) is 111 cm³/mol. The van der Waals surface area contributed by atoms with Gasteiger partial charge in [-0.1, -0.05) is 42.5 Å². The lowest BCUT2D eigenvalue weighted by Crippen LogP contribution is -2.34. The van der Waals surface area contributed by atoms with Gasteiger partial charge in [-0.3, -0.25) is 0 Å². The van der Waals surface area contributed by atoms with Crippen LogP contribution in [0, 0.1) is 0 Å². The van der Waals surface area contributed by atoms with Crippen molar-refractivity contribution in [2.45, 2.75) is 4.90 Å². The number of sulfonamides is 1. The van der Waals surface area contributed by atoms with Gasteiger partial charge in [0, 0.05) is 17.1 Å². The standard InChI is InChI=1S/C20H18N4O4S/c25-19(21-15-8-3-1-4-9-15)23-17-12-7-13-18(14-17)29(27,28)24-20(26)22-16-10-5-2-6-11-16/h1-14H,(H2,21,23,25)(H2,22,24,26). The van der Waals surface area contributed by atoms with E-state index in [0.717, 1.165) is 0 Å². The molecular formula is C20H18N4O4S. The van der Waals surface area contributed by atoms with Crippen molar-refractivity contribution in [2.24, 2.45) is 0 Å². The van der Waals surface area contributed by atoms with E-state index in [0.29, 0.717) is 11.4 Å². The van der Waals surface area contributed by atoms with Crippen LogP contribution in [0.3, 0.4) is 0 Å². The van der Waals surface area contributed by atoms with Crippen LogP contribution in [-0.2, 0) is 10.0 Å². The fourth-order valence-electron chi connectivity index (χ4n) is 2.41. The zero-order chi connectivity index (χ0) is 20.7. The fourth-order valence-corrected chi connectivity index (χ4v) is 3.37. The minimum absolute atomic E-state index is 0.168. The molecule has 0 aliphatic heterocycles. The zero-order valence-corrected chi connectivity index (χ0v) is 15.9. The molecule has 0 aliphatic carbocycles. The maximum absolute atomic E-state index is 12.5. The highest BCUT2D eigenvalue weighted by Crippen LogP contribution is 2.16. The third-order valence-corrected chi connectivity index (χ3v) is 5.02. The van der Waals surface area contributed by atoms with Crippen molar-refractivity contribution in [3.63, 3.8) is 0 Å². The Hall–Kier alpha value is -3.85. The van der Waals surface area contributed by atoms with Crippen LogP contribution in [0.4, 0.5) is 26.7 Å². The molecule has 0 saturated heterocycles. The molecule has 8 nitrogen and oxygen atoms in total. The molecule has 0 fully saturated rings. The maximum atomic E-state index is 12.5. The Morgan fingerprint density at radius 3 is 1.66 bits per heavy atom. The molecule has 29 heavy (non-hydrogen) atoms. The van der Waals surface area contributed by atoms with E-state index in [-0.39, 0.29) is 10.6 Å². The van der Waals surface area contributed by atoms with Gasteiger partial charge in [-0.2, -0.15) is 0 Å². The molecule has 0 radical (unpaired) electrons. The highest BCUT2D eigenvalue weighted by atomic mass is 32.2. The van der Waals surface area contributed by atoms with Gasteiger partial charge in [0.1, 0.15) is 0 Å². The Morgan fingerprint density at radius 1 is 0.586 bits per heavy atom. The van der Waals surface area contributed by atoms with Crippen LogP contribution in [0.15, 0.2) is 89.8 Å². The quantitative estimate of drug-likeness (QED) is 0.511. The van der Waals surface area contributed by atoms with Crippen LogP contribution >= 0.6 is 0 Å². The summed E-state index contributed by atoms with van der Waals surface area (Å²) in [5, 5.41) is 7.62. The molecule has 0 heterocycles. The van der Waals surface area contributed by atoms with Gasteiger partial charge in [0.15, 0.2) is 0 Å². The van der Waals surface area contributed by atoms with Crippen LogP contribution in [0.5, 0.6) is 0 Å². The molecule has 0 unspecified atom stereocenters. The largest absolute Gasteiger partial charge is 0.333 e. The molecule has 9 heteroatoms. The molecule has 0 bridgehead atoms. The van der Waals surface area contributed by atoms with E-state index in [1.54, 1.807) is 54.6 Å². The topological polar surface area (TPSA) is 116 Å². The van der Waals surface area contributed by atoms with Crippen LogP contribution in [0.2, 0.25) is 0 Å². The summed E-state index contributed by atoms with van der Waals surface area (Å²) in [6.07, 6.45) is 0. The number of hydrogen-bond acceptors (Lipinski definition) is 4. The summed E-state index contributed by atoms with van der Waals surface area (Å²) in [5.41, 5.74) is 1.30. The molecule has 0 saturated carbocycles. The average Bonchev–Trinajstić information content (AvgIpc) is 2.69. The molecule has 3 aromatic carbocycles. The highest BCUT2D eigenvalue weighted by Gasteiger charge is 2.18. The number of rotatable bonds is 5. The number of benzene rings is 3. The molecule has 3 aromatic rings. The van der Waals surface area contributed by atoms with E-state index in [9.17, 15) is 18.0 Å². The van der Waals surface area contributed by atoms with E-state index < -0.39 is 22.1 Å². The van der Waals surface area contributed by atoms with Crippen LogP contribution < -0.4 is 20.7 Å². The number of carbonyl (C=O) groups is 2. The lowest BCUT2D eigenvalue weighted by molar-refractivity contribution is 0.256. The minimum Gasteiger partial charge on any atom is -0.308 e. The summed E-state index contributed by atoms with van der Waals surface area (Å²) in [4.78, 5) is 23.9. The van der Waals surface area contributed by atoms with Gasteiger partial charge in [0.2, 0.25) is 0 Å². The third-order valence-electron chi connectivity index (χ3n) is 3.69. The average molecular weight is 410 g/mol. The highest BCUT2D eigenvalue weighted by molar-refractivity contribution is 7.90. The molecule has 0 aromatic heterocycles. The van der Waals surface area contributed by atoms with Crippen LogP contribution in [0.1, 0.15) is 0 Å². The van der Waals surface area contributed by atoms with E-state index in [1.165, 1.54) is 24.3 Å². The Morgan fingerprint density at radius 2 is 1.07 bits per heavy atom. The first-order valence-electron chi connectivity index (χ1n) is 8.54. The second kappa shape index (κ2) is 8.89. The smallest absolute Gasteiger partial charge is 0.308 e. The normalized spacial score (nSPS) is 10.6. The Bertz CT molecular complexity index is 1100. The van der Waals surface area contributed by atoms with Gasteiger partial charge in [-0.25, -0.2) is 22.7 Å². The summed E-state index contributed by atoms with van der Waals surface area (Å²) < 4.78 is 26.9. The number of hydrogen-bond donors (Lipinski definition) is 4. The summed E-state index contributed by atoms with van der Waals surface area (Å²) >= 11 is 0. The number of amides is 4. The van der Waals surface area contributed by atoms with Gasteiger partial charge < -0.3 is 16.0 Å². The first-order chi connectivity index (χ1) is 13.9. The predicted octanol–water partition coefficient (Wildman–Crippen LogP) is 3.84. The molecule has 4 N–H and O–H groups in total. The summed E-state index contributed by atoms with van der Waals surface area (Å²) in [6.45, 7) is 0. The van der Waals surface area contributed by atoms with E-state index in [4.69, 9.17) is 0 Å². The second-order valence-corrected chi connectivity index (χ2v) is 7.58. The maximum Gasteiger partial charge on any atom is 0.333 e. The lowest BCUT2D eigenvalue weighted by atomic mass is 10.3. The third kappa shape index (κ3) is 5.81. The SMILES string of the molecule is O=C(Nc1ccccc1)Nc1cccc(S(=O)(=O)NC(=O)Nc2ccccc2)c1. The van der Waals surface area contributed by atoms with Crippen molar-refractivity contribution < 1.29 is 18.0 Å². The molecule has 0 atom stereocenters. The lowest BCUT2D eigenvalue weighted by Gasteiger charge is -2.11. The van der Waals surface area contributed by atoms with Crippen molar-refractivity contribution in [3.8, 4) is 0 Å². The number of para-hydroxylation sites is 2. The molecule has 148 valence electrons. The van der Waals surface area contributed by atoms with Gasteiger partial charge in [-0.15, -0.1) is 0 Å².